The predicted molar refractivity (Wildman–Crippen MR) is 114 cm³/mol. The van der Waals surface area contributed by atoms with E-state index in [-0.39, 0.29) is 5.95 Å². The summed E-state index contributed by atoms with van der Waals surface area (Å²) >= 11 is 0. The number of benzene rings is 1. The zero-order chi connectivity index (χ0) is 20.9. The first kappa shape index (κ1) is 19.1. The molecule has 5 N–H and O–H groups in total. The number of furan rings is 1. The maximum Gasteiger partial charge on any atom is 0.259 e. The van der Waals surface area contributed by atoms with E-state index in [4.69, 9.17) is 15.9 Å². The molecule has 4 aromatic rings. The van der Waals surface area contributed by atoms with E-state index in [2.05, 4.69) is 35.4 Å². The third kappa shape index (κ3) is 4.09. The SMILES string of the molecule is CN=CN=C(N)c1ccc(CCNc2nc(N)n3nc(-c4ccco4)nc3n2)cc1. The maximum atomic E-state index is 5.99. The van der Waals surface area contributed by atoms with E-state index >= 15 is 0 Å². The van der Waals surface area contributed by atoms with Gasteiger partial charge < -0.3 is 21.2 Å². The van der Waals surface area contributed by atoms with E-state index < -0.39 is 0 Å². The Morgan fingerprint density at radius 2 is 2.03 bits per heavy atom. The highest BCUT2D eigenvalue weighted by atomic mass is 16.3. The van der Waals surface area contributed by atoms with Gasteiger partial charge in [0.25, 0.3) is 5.78 Å². The zero-order valence-electron chi connectivity index (χ0n) is 16.2. The minimum absolute atomic E-state index is 0.183. The van der Waals surface area contributed by atoms with Crippen LogP contribution in [-0.2, 0) is 6.42 Å². The average Bonchev–Trinajstić information content (AvgIpc) is 3.42. The molecule has 0 aliphatic rings. The molecule has 0 aliphatic carbocycles. The van der Waals surface area contributed by atoms with E-state index in [0.29, 0.717) is 35.7 Å². The second-order valence-electron chi connectivity index (χ2n) is 6.29. The van der Waals surface area contributed by atoms with E-state index in [1.54, 1.807) is 25.4 Å². The molecule has 152 valence electrons. The normalized spacial score (nSPS) is 12.1. The molecule has 0 saturated carbocycles. The standard InChI is InChI=1S/C19H20N10O/c1-22-11-24-15(20)13-6-4-12(5-7-13)8-9-23-18-26-17(21)29-19(27-18)25-16(28-29)14-3-2-10-30-14/h2-7,10-11H,8-9H2,1H3,(H2,20,22,24)(H3,21,23,25,26,27,28). The number of hydrogen-bond acceptors (Lipinski definition) is 8. The highest BCUT2D eigenvalue weighted by Gasteiger charge is 2.13. The molecule has 0 spiro atoms. The molecule has 3 heterocycles. The maximum absolute atomic E-state index is 5.99. The fourth-order valence-corrected chi connectivity index (χ4v) is 2.75. The summed E-state index contributed by atoms with van der Waals surface area (Å²) in [7, 11) is 1.64. The number of nitrogen functional groups attached to an aromatic ring is 1. The lowest BCUT2D eigenvalue weighted by Crippen LogP contribution is -2.14. The topological polar surface area (TPSA) is 158 Å². The van der Waals surface area contributed by atoms with Gasteiger partial charge in [0.1, 0.15) is 12.2 Å². The number of fused-ring (bicyclic) bond motifs is 1. The van der Waals surface area contributed by atoms with Crippen molar-refractivity contribution in [3.63, 3.8) is 0 Å². The summed E-state index contributed by atoms with van der Waals surface area (Å²) in [6.07, 6.45) is 3.73. The first-order valence-corrected chi connectivity index (χ1v) is 9.15. The van der Waals surface area contributed by atoms with Gasteiger partial charge >= 0.3 is 0 Å². The monoisotopic (exact) mass is 404 g/mol. The van der Waals surface area contributed by atoms with E-state index in [9.17, 15) is 0 Å². The number of nitrogens with zero attached hydrogens (tertiary/aromatic N) is 7. The van der Waals surface area contributed by atoms with Crippen LogP contribution in [0.2, 0.25) is 0 Å². The lowest BCUT2D eigenvalue weighted by Gasteiger charge is -2.07. The Bertz CT molecular complexity index is 1190. The summed E-state index contributed by atoms with van der Waals surface area (Å²) in [6, 6.07) is 11.4. The van der Waals surface area contributed by atoms with E-state index in [1.165, 1.54) is 10.9 Å². The summed E-state index contributed by atoms with van der Waals surface area (Å²) in [6.45, 7) is 0.611. The Kier molecular flexibility index (Phi) is 5.33. The Labute approximate surface area is 171 Å². The lowest BCUT2D eigenvalue weighted by atomic mass is 10.1. The predicted octanol–water partition coefficient (Wildman–Crippen LogP) is 1.38. The van der Waals surface area contributed by atoms with Crippen molar-refractivity contribution in [2.24, 2.45) is 15.7 Å². The van der Waals surface area contributed by atoms with Crippen molar-refractivity contribution >= 4 is 29.8 Å². The van der Waals surface area contributed by atoms with Crippen LogP contribution in [0.5, 0.6) is 0 Å². The molecule has 11 nitrogen and oxygen atoms in total. The number of nitrogens with one attached hydrogen (secondary N) is 1. The van der Waals surface area contributed by atoms with Crippen LogP contribution in [0.25, 0.3) is 17.4 Å². The molecular formula is C19H20N10O. The van der Waals surface area contributed by atoms with E-state index in [0.717, 1.165) is 17.5 Å². The molecule has 3 aromatic heterocycles. The summed E-state index contributed by atoms with van der Waals surface area (Å²) in [5, 5.41) is 7.43. The number of aliphatic imine (C=N–C) groups is 2. The van der Waals surface area contributed by atoms with Crippen LogP contribution in [0.15, 0.2) is 57.1 Å². The summed E-state index contributed by atoms with van der Waals surface area (Å²) in [4.78, 5) is 20.8. The third-order valence-electron chi connectivity index (χ3n) is 4.23. The van der Waals surface area contributed by atoms with Crippen LogP contribution in [0.3, 0.4) is 0 Å². The molecule has 0 unspecified atom stereocenters. The largest absolute Gasteiger partial charge is 0.461 e. The minimum Gasteiger partial charge on any atom is -0.461 e. The van der Waals surface area contributed by atoms with Crippen molar-refractivity contribution in [3.05, 3.63) is 53.8 Å². The van der Waals surface area contributed by atoms with Crippen LogP contribution >= 0.6 is 0 Å². The third-order valence-corrected chi connectivity index (χ3v) is 4.23. The zero-order valence-corrected chi connectivity index (χ0v) is 16.2. The van der Waals surface area contributed by atoms with Crippen molar-refractivity contribution in [1.29, 1.82) is 0 Å². The van der Waals surface area contributed by atoms with Gasteiger partial charge in [-0.15, -0.1) is 5.10 Å². The fraction of sp³-hybridized carbons (Fsp3) is 0.158. The first-order chi connectivity index (χ1) is 14.6. The molecule has 0 bridgehead atoms. The van der Waals surface area contributed by atoms with Crippen LogP contribution in [0.4, 0.5) is 11.9 Å². The molecule has 0 amide bonds. The molecule has 30 heavy (non-hydrogen) atoms. The molecule has 0 atom stereocenters. The summed E-state index contributed by atoms with van der Waals surface area (Å²) in [5.41, 5.74) is 13.9. The number of hydrogen-bond donors (Lipinski definition) is 3. The Balaban J connectivity index is 1.41. The van der Waals surface area contributed by atoms with Crippen molar-refractivity contribution in [2.45, 2.75) is 6.42 Å². The van der Waals surface area contributed by atoms with Crippen LogP contribution in [0.1, 0.15) is 11.1 Å². The summed E-state index contributed by atoms with van der Waals surface area (Å²) in [5.74, 6) is 2.25. The Morgan fingerprint density at radius 3 is 2.77 bits per heavy atom. The van der Waals surface area contributed by atoms with Crippen molar-refractivity contribution < 1.29 is 4.42 Å². The van der Waals surface area contributed by atoms with Gasteiger partial charge in [0.15, 0.2) is 5.76 Å². The van der Waals surface area contributed by atoms with E-state index in [1.807, 2.05) is 24.3 Å². The second-order valence-corrected chi connectivity index (χ2v) is 6.29. The fourth-order valence-electron chi connectivity index (χ4n) is 2.75. The number of rotatable bonds is 7. The number of nitrogens with two attached hydrogens (primary N) is 2. The Morgan fingerprint density at radius 1 is 1.20 bits per heavy atom. The summed E-state index contributed by atoms with van der Waals surface area (Å²) < 4.78 is 6.68. The highest BCUT2D eigenvalue weighted by molar-refractivity contribution is 6.01. The number of aromatic nitrogens is 5. The van der Waals surface area contributed by atoms with Crippen molar-refractivity contribution in [1.82, 2.24) is 24.6 Å². The molecule has 0 fully saturated rings. The number of anilines is 2. The van der Waals surface area contributed by atoms with Gasteiger partial charge in [-0.1, -0.05) is 24.3 Å². The molecular weight excluding hydrogens is 384 g/mol. The molecule has 11 heteroatoms. The van der Waals surface area contributed by atoms with Gasteiger partial charge in [0.2, 0.25) is 17.7 Å². The highest BCUT2D eigenvalue weighted by Crippen LogP contribution is 2.17. The quantitative estimate of drug-likeness (QED) is 0.308. The van der Waals surface area contributed by atoms with Gasteiger partial charge in [0.05, 0.1) is 6.26 Å². The Hall–Kier alpha value is -4.28. The molecule has 0 radical (unpaired) electrons. The second kappa shape index (κ2) is 8.39. The van der Waals surface area contributed by atoms with Gasteiger partial charge in [-0.25, -0.2) is 4.99 Å². The van der Waals surface area contributed by atoms with Crippen LogP contribution in [0, 0.1) is 0 Å². The van der Waals surface area contributed by atoms with Gasteiger partial charge in [-0.05, 0) is 24.1 Å². The minimum atomic E-state index is 0.183. The lowest BCUT2D eigenvalue weighted by molar-refractivity contribution is 0.577. The number of amidine groups is 1. The molecule has 0 saturated heterocycles. The van der Waals surface area contributed by atoms with Crippen molar-refractivity contribution in [3.8, 4) is 11.6 Å². The average molecular weight is 404 g/mol. The first-order valence-electron chi connectivity index (χ1n) is 9.15. The van der Waals surface area contributed by atoms with Gasteiger partial charge in [0, 0.05) is 19.2 Å². The smallest absolute Gasteiger partial charge is 0.259 e. The molecule has 4 rings (SSSR count). The van der Waals surface area contributed by atoms with Crippen LogP contribution < -0.4 is 16.8 Å². The molecule has 0 aliphatic heterocycles. The van der Waals surface area contributed by atoms with Gasteiger partial charge in [-0.2, -0.15) is 19.5 Å². The van der Waals surface area contributed by atoms with Crippen molar-refractivity contribution in [2.75, 3.05) is 24.6 Å². The van der Waals surface area contributed by atoms with Gasteiger partial charge in [-0.3, -0.25) is 4.99 Å². The van der Waals surface area contributed by atoms with Crippen LogP contribution in [-0.4, -0.2) is 50.3 Å². The molecule has 1 aromatic carbocycles.